The minimum absolute atomic E-state index is 0.168. The molecule has 0 amide bonds. The number of terminal acetylenes is 1. The first-order valence-corrected chi connectivity index (χ1v) is 11.6. The molecule has 0 N–H and O–H groups in total. The predicted octanol–water partition coefficient (Wildman–Crippen LogP) is 8.35. The summed E-state index contributed by atoms with van der Waals surface area (Å²) in [6, 6.07) is 0. The van der Waals surface area contributed by atoms with Gasteiger partial charge >= 0.3 is 0 Å². The Labute approximate surface area is 199 Å². The fourth-order valence-corrected chi connectivity index (χ4v) is 2.58. The van der Waals surface area contributed by atoms with E-state index in [0.29, 0.717) is 11.8 Å². The minimum Gasteiger partial charge on any atom is -0.286 e. The van der Waals surface area contributed by atoms with Crippen molar-refractivity contribution in [2.45, 2.75) is 82.1 Å². The molecule has 0 saturated carbocycles. The van der Waals surface area contributed by atoms with Gasteiger partial charge in [0.1, 0.15) is 0 Å². The maximum absolute atomic E-state index is 5.38. The highest BCUT2D eigenvalue weighted by Crippen LogP contribution is 2.27. The topological polar surface area (TPSA) is 24.7 Å². The molecule has 0 aliphatic heterocycles. The standard InChI is InChI=1S/C24H32N2.C6H14/c1-10-11-12-17(2)20-15-16-21(23(26-9)22(20)25-8)18(3)13-14-19(4)24(5,6)7;1-5-6(2,3)4/h1,12-16H,11H2,2-9H3;5H2,1-4H3/b17-12+,18-13+,19-14+,25-22?,26-23?;. The van der Waals surface area contributed by atoms with Crippen LogP contribution in [0.25, 0.3) is 0 Å². The third kappa shape index (κ3) is 9.82. The molecule has 0 aromatic carbocycles. The molecule has 0 unspecified atom stereocenters. The maximum Gasteiger partial charge on any atom is 0.0903 e. The summed E-state index contributed by atoms with van der Waals surface area (Å²) in [5.74, 6) is 2.66. The van der Waals surface area contributed by atoms with Crippen LogP contribution in [0.4, 0.5) is 0 Å². The largest absolute Gasteiger partial charge is 0.286 e. The molecule has 0 heterocycles. The molecular weight excluding hydrogens is 388 g/mol. The molecule has 0 bridgehead atoms. The van der Waals surface area contributed by atoms with Gasteiger partial charge in [-0.3, -0.25) is 9.98 Å². The molecule has 0 radical (unpaired) electrons. The first kappa shape index (κ1) is 29.6. The second-order valence-electron chi connectivity index (χ2n) is 10.5. The number of hydrogen-bond acceptors (Lipinski definition) is 2. The SMILES string of the molecule is C#CC/C=C(\C)C1=CC=C(/C(C)=C/C=C(\C)C(C)(C)C)C(=NC)C1=NC.CCC(C)(C)C. The molecule has 0 aromatic rings. The van der Waals surface area contributed by atoms with E-state index in [-0.39, 0.29) is 5.41 Å². The molecule has 2 nitrogen and oxygen atoms in total. The molecule has 0 spiro atoms. The molecule has 0 atom stereocenters. The van der Waals surface area contributed by atoms with Crippen LogP contribution < -0.4 is 0 Å². The van der Waals surface area contributed by atoms with Gasteiger partial charge in [0, 0.05) is 31.7 Å². The molecule has 1 aliphatic carbocycles. The van der Waals surface area contributed by atoms with Crippen LogP contribution in [0.1, 0.15) is 82.1 Å². The Hall–Kier alpha value is -2.40. The van der Waals surface area contributed by atoms with Crippen LogP contribution in [-0.2, 0) is 0 Å². The molecule has 2 heteroatoms. The van der Waals surface area contributed by atoms with Crippen molar-refractivity contribution in [2.24, 2.45) is 20.8 Å². The first-order chi connectivity index (χ1) is 14.7. The summed E-state index contributed by atoms with van der Waals surface area (Å²) in [6.07, 6.45) is 17.9. The van der Waals surface area contributed by atoms with Crippen LogP contribution in [0.15, 0.2) is 68.2 Å². The zero-order valence-electron chi connectivity index (χ0n) is 22.8. The lowest BCUT2D eigenvalue weighted by molar-refractivity contribution is 0.398. The second kappa shape index (κ2) is 13.2. The van der Waals surface area contributed by atoms with E-state index in [1.54, 1.807) is 0 Å². The lowest BCUT2D eigenvalue weighted by atomic mass is 9.85. The molecule has 0 aromatic heterocycles. The summed E-state index contributed by atoms with van der Waals surface area (Å²) >= 11 is 0. The Bertz CT molecular complexity index is 890. The number of rotatable bonds is 4. The number of hydrogen-bond donors (Lipinski definition) is 0. The van der Waals surface area contributed by atoms with Crippen molar-refractivity contribution in [1.29, 1.82) is 0 Å². The molecule has 0 fully saturated rings. The fraction of sp³-hybridized carbons (Fsp3) is 0.533. The fourth-order valence-electron chi connectivity index (χ4n) is 2.58. The lowest BCUT2D eigenvalue weighted by Gasteiger charge is -2.21. The molecule has 32 heavy (non-hydrogen) atoms. The summed E-state index contributed by atoms with van der Waals surface area (Å²) in [5, 5.41) is 0. The van der Waals surface area contributed by atoms with E-state index in [0.717, 1.165) is 28.1 Å². The molecule has 0 saturated heterocycles. The van der Waals surface area contributed by atoms with Gasteiger partial charge in [-0.25, -0.2) is 0 Å². The highest BCUT2D eigenvalue weighted by Gasteiger charge is 2.22. The number of nitrogens with zero attached hydrogens (tertiary/aromatic N) is 2. The summed E-state index contributed by atoms with van der Waals surface area (Å²) in [5.41, 5.74) is 8.40. The van der Waals surface area contributed by atoms with Gasteiger partial charge in [0.2, 0.25) is 0 Å². The second-order valence-corrected chi connectivity index (χ2v) is 10.5. The third-order valence-corrected chi connectivity index (χ3v) is 5.80. The molecular formula is C30H46N2. The van der Waals surface area contributed by atoms with E-state index in [9.17, 15) is 0 Å². The van der Waals surface area contributed by atoms with Gasteiger partial charge in [0.15, 0.2) is 0 Å². The monoisotopic (exact) mass is 434 g/mol. The Morgan fingerprint density at radius 1 is 0.875 bits per heavy atom. The van der Waals surface area contributed by atoms with E-state index in [1.165, 1.54) is 17.6 Å². The van der Waals surface area contributed by atoms with Crippen molar-refractivity contribution in [3.8, 4) is 12.3 Å². The van der Waals surface area contributed by atoms with Crippen molar-refractivity contribution < 1.29 is 0 Å². The Kier molecular flexibility index (Phi) is 12.2. The van der Waals surface area contributed by atoms with Crippen LogP contribution in [0, 0.1) is 23.2 Å². The average Bonchev–Trinajstić information content (AvgIpc) is 2.73. The van der Waals surface area contributed by atoms with E-state index in [1.807, 2.05) is 14.1 Å². The van der Waals surface area contributed by atoms with E-state index in [2.05, 4.69) is 116 Å². The van der Waals surface area contributed by atoms with Gasteiger partial charge < -0.3 is 0 Å². The quantitative estimate of drug-likeness (QED) is 0.241. The minimum atomic E-state index is 0.168. The maximum atomic E-state index is 5.38. The normalized spacial score (nSPS) is 18.7. The van der Waals surface area contributed by atoms with Crippen molar-refractivity contribution in [2.75, 3.05) is 14.1 Å². The van der Waals surface area contributed by atoms with Crippen molar-refractivity contribution in [3.63, 3.8) is 0 Å². The molecule has 176 valence electrons. The highest BCUT2D eigenvalue weighted by molar-refractivity contribution is 6.56. The van der Waals surface area contributed by atoms with Gasteiger partial charge in [-0.15, -0.1) is 12.3 Å². The first-order valence-electron chi connectivity index (χ1n) is 11.6. The van der Waals surface area contributed by atoms with Gasteiger partial charge in [0.25, 0.3) is 0 Å². The Morgan fingerprint density at radius 2 is 1.31 bits per heavy atom. The van der Waals surface area contributed by atoms with Crippen LogP contribution in [0.2, 0.25) is 0 Å². The highest BCUT2D eigenvalue weighted by atomic mass is 14.8. The predicted molar refractivity (Wildman–Crippen MR) is 147 cm³/mol. The lowest BCUT2D eigenvalue weighted by Crippen LogP contribution is -2.23. The van der Waals surface area contributed by atoms with Crippen molar-refractivity contribution in [3.05, 3.63) is 58.2 Å². The van der Waals surface area contributed by atoms with Gasteiger partial charge in [-0.1, -0.05) is 90.8 Å². The average molecular weight is 435 g/mol. The summed E-state index contributed by atoms with van der Waals surface area (Å²) < 4.78 is 0. The number of allylic oxidation sites excluding steroid dienone is 10. The zero-order valence-corrected chi connectivity index (χ0v) is 22.8. The molecule has 1 aliphatic rings. The van der Waals surface area contributed by atoms with E-state index >= 15 is 0 Å². The Balaban J connectivity index is 0.00000140. The van der Waals surface area contributed by atoms with Gasteiger partial charge in [0.05, 0.1) is 11.4 Å². The van der Waals surface area contributed by atoms with E-state index in [4.69, 9.17) is 6.42 Å². The van der Waals surface area contributed by atoms with E-state index < -0.39 is 0 Å². The number of aliphatic imine (C=N–C) groups is 2. The van der Waals surface area contributed by atoms with Crippen molar-refractivity contribution in [1.82, 2.24) is 0 Å². The molecule has 1 rings (SSSR count). The van der Waals surface area contributed by atoms with Crippen LogP contribution >= 0.6 is 0 Å². The third-order valence-electron chi connectivity index (χ3n) is 5.80. The van der Waals surface area contributed by atoms with Crippen LogP contribution in [-0.4, -0.2) is 25.5 Å². The summed E-state index contributed by atoms with van der Waals surface area (Å²) in [4.78, 5) is 9.06. The summed E-state index contributed by atoms with van der Waals surface area (Å²) in [6.45, 7) is 22.0. The van der Waals surface area contributed by atoms with Crippen molar-refractivity contribution >= 4 is 11.4 Å². The van der Waals surface area contributed by atoms with Crippen LogP contribution in [0.3, 0.4) is 0 Å². The Morgan fingerprint density at radius 3 is 1.66 bits per heavy atom. The zero-order chi connectivity index (χ0) is 25.1. The summed E-state index contributed by atoms with van der Waals surface area (Å²) in [7, 11) is 3.63. The van der Waals surface area contributed by atoms with Gasteiger partial charge in [-0.2, -0.15) is 0 Å². The van der Waals surface area contributed by atoms with Crippen LogP contribution in [0.5, 0.6) is 0 Å². The van der Waals surface area contributed by atoms with Gasteiger partial charge in [-0.05, 0) is 42.7 Å². The smallest absolute Gasteiger partial charge is 0.0903 e.